The molecule has 0 unspecified atom stereocenters. The van der Waals surface area contributed by atoms with Gasteiger partial charge in [0.1, 0.15) is 0 Å². The van der Waals surface area contributed by atoms with Gasteiger partial charge in [0, 0.05) is 41.2 Å². The van der Waals surface area contributed by atoms with Crippen LogP contribution in [0.4, 0.5) is 0 Å². The first-order valence-electron chi connectivity index (χ1n) is 8.21. The molecule has 2 rings (SSSR count). The van der Waals surface area contributed by atoms with Crippen molar-refractivity contribution in [3.63, 3.8) is 0 Å². The molecule has 1 amide bonds. The van der Waals surface area contributed by atoms with E-state index in [0.29, 0.717) is 23.1 Å². The molecule has 0 atom stereocenters. The Balaban J connectivity index is 2.30. The second-order valence-corrected chi connectivity index (χ2v) is 6.61. The van der Waals surface area contributed by atoms with Gasteiger partial charge in [-0.1, -0.05) is 37.0 Å². The summed E-state index contributed by atoms with van der Waals surface area (Å²) in [6.45, 7) is 7.01. The minimum atomic E-state index is -0.0234. The highest BCUT2D eigenvalue weighted by Crippen LogP contribution is 2.25. The minimum Gasteiger partial charge on any atom is -0.354 e. The number of hydrogen-bond donors (Lipinski definition) is 1. The van der Waals surface area contributed by atoms with Gasteiger partial charge in [0.2, 0.25) is 5.91 Å². The normalized spacial score (nSPS) is 10.9. The van der Waals surface area contributed by atoms with Crippen LogP contribution in [0.2, 0.25) is 10.0 Å². The molecule has 6 heteroatoms. The predicted octanol–water partition coefficient (Wildman–Crippen LogP) is 4.04. The van der Waals surface area contributed by atoms with Gasteiger partial charge in [-0.3, -0.25) is 9.48 Å². The number of carbonyl (C=O) groups is 1. The standard InChI is InChI=1S/C18H23Cl2N3O/c1-4-17-16(10-13-8-14(19)11-15(20)9-13)18(5-2)23(22-17)7-6-21-12(3)24/h8-9,11H,4-7,10H2,1-3H3,(H,21,24). The molecule has 0 saturated carbocycles. The molecule has 24 heavy (non-hydrogen) atoms. The Morgan fingerprint density at radius 2 is 1.83 bits per heavy atom. The molecule has 0 bridgehead atoms. The average Bonchev–Trinajstić information content (AvgIpc) is 2.82. The molecule has 0 aliphatic carbocycles. The Morgan fingerprint density at radius 1 is 1.17 bits per heavy atom. The fourth-order valence-corrected chi connectivity index (χ4v) is 3.48. The first-order chi connectivity index (χ1) is 11.4. The molecule has 0 aliphatic rings. The van der Waals surface area contributed by atoms with Crippen molar-refractivity contribution in [1.82, 2.24) is 15.1 Å². The molecule has 0 spiro atoms. The lowest BCUT2D eigenvalue weighted by atomic mass is 10.0. The molecular weight excluding hydrogens is 345 g/mol. The summed E-state index contributed by atoms with van der Waals surface area (Å²) < 4.78 is 2.01. The zero-order chi connectivity index (χ0) is 17.7. The monoisotopic (exact) mass is 367 g/mol. The lowest BCUT2D eigenvalue weighted by molar-refractivity contribution is -0.118. The van der Waals surface area contributed by atoms with Crippen molar-refractivity contribution in [1.29, 1.82) is 0 Å². The third kappa shape index (κ3) is 4.74. The summed E-state index contributed by atoms with van der Waals surface area (Å²) in [7, 11) is 0. The molecule has 1 N–H and O–H groups in total. The first kappa shape index (κ1) is 18.8. The summed E-state index contributed by atoms with van der Waals surface area (Å²) in [5, 5.41) is 8.85. The summed E-state index contributed by atoms with van der Waals surface area (Å²) in [5.74, 6) is -0.0234. The van der Waals surface area contributed by atoms with Crippen molar-refractivity contribution in [2.24, 2.45) is 0 Å². The fraction of sp³-hybridized carbons (Fsp3) is 0.444. The van der Waals surface area contributed by atoms with Crippen LogP contribution in [0.1, 0.15) is 43.3 Å². The van der Waals surface area contributed by atoms with E-state index in [-0.39, 0.29) is 5.91 Å². The molecule has 1 heterocycles. The van der Waals surface area contributed by atoms with Crippen LogP contribution in [-0.4, -0.2) is 22.2 Å². The van der Waals surface area contributed by atoms with Gasteiger partial charge in [0.15, 0.2) is 0 Å². The van der Waals surface area contributed by atoms with E-state index in [1.54, 1.807) is 6.07 Å². The van der Waals surface area contributed by atoms with E-state index < -0.39 is 0 Å². The average molecular weight is 368 g/mol. The van der Waals surface area contributed by atoms with Gasteiger partial charge in [0.25, 0.3) is 0 Å². The number of hydrogen-bond acceptors (Lipinski definition) is 2. The number of benzene rings is 1. The lowest BCUT2D eigenvalue weighted by Crippen LogP contribution is -2.25. The molecule has 0 aliphatic heterocycles. The van der Waals surface area contributed by atoms with Gasteiger partial charge in [-0.05, 0) is 36.6 Å². The van der Waals surface area contributed by atoms with Gasteiger partial charge >= 0.3 is 0 Å². The number of halogens is 2. The van der Waals surface area contributed by atoms with E-state index in [1.165, 1.54) is 18.2 Å². The number of carbonyl (C=O) groups excluding carboxylic acids is 1. The van der Waals surface area contributed by atoms with Crippen LogP contribution in [0.3, 0.4) is 0 Å². The molecule has 0 radical (unpaired) electrons. The summed E-state index contributed by atoms with van der Waals surface area (Å²) in [4.78, 5) is 11.1. The van der Waals surface area contributed by atoms with E-state index in [0.717, 1.165) is 30.5 Å². The van der Waals surface area contributed by atoms with Gasteiger partial charge in [-0.15, -0.1) is 0 Å². The van der Waals surface area contributed by atoms with E-state index in [9.17, 15) is 4.79 Å². The van der Waals surface area contributed by atoms with E-state index in [1.807, 2.05) is 16.8 Å². The van der Waals surface area contributed by atoms with E-state index in [4.69, 9.17) is 28.3 Å². The Hall–Kier alpha value is -1.52. The van der Waals surface area contributed by atoms with Gasteiger partial charge in [-0.25, -0.2) is 0 Å². The third-order valence-corrected chi connectivity index (χ3v) is 4.36. The molecule has 1 aromatic carbocycles. The quantitative estimate of drug-likeness (QED) is 0.802. The van der Waals surface area contributed by atoms with Crippen molar-refractivity contribution in [2.75, 3.05) is 6.54 Å². The topological polar surface area (TPSA) is 46.9 Å². The van der Waals surface area contributed by atoms with Gasteiger partial charge in [-0.2, -0.15) is 5.10 Å². The van der Waals surface area contributed by atoms with Crippen LogP contribution >= 0.6 is 23.2 Å². The van der Waals surface area contributed by atoms with Crippen molar-refractivity contribution < 1.29 is 4.79 Å². The Morgan fingerprint density at radius 3 is 2.38 bits per heavy atom. The molecule has 1 aromatic heterocycles. The maximum Gasteiger partial charge on any atom is 0.216 e. The second kappa shape index (κ2) is 8.54. The van der Waals surface area contributed by atoms with Gasteiger partial charge < -0.3 is 5.32 Å². The fourth-order valence-electron chi connectivity index (χ4n) is 2.91. The first-order valence-corrected chi connectivity index (χ1v) is 8.97. The largest absolute Gasteiger partial charge is 0.354 e. The van der Waals surface area contributed by atoms with Crippen molar-refractivity contribution in [2.45, 2.75) is 46.6 Å². The molecule has 0 saturated heterocycles. The van der Waals surface area contributed by atoms with Crippen LogP contribution in [0.15, 0.2) is 18.2 Å². The summed E-state index contributed by atoms with van der Waals surface area (Å²) in [6.07, 6.45) is 2.51. The van der Waals surface area contributed by atoms with Crippen LogP contribution in [0, 0.1) is 0 Å². The molecule has 4 nitrogen and oxygen atoms in total. The highest BCUT2D eigenvalue weighted by atomic mass is 35.5. The lowest BCUT2D eigenvalue weighted by Gasteiger charge is -2.09. The number of rotatable bonds is 7. The zero-order valence-electron chi connectivity index (χ0n) is 14.3. The van der Waals surface area contributed by atoms with Crippen molar-refractivity contribution in [3.8, 4) is 0 Å². The van der Waals surface area contributed by atoms with Crippen molar-refractivity contribution in [3.05, 3.63) is 50.8 Å². The Labute approximate surface area is 153 Å². The zero-order valence-corrected chi connectivity index (χ0v) is 15.8. The molecular formula is C18H23Cl2N3O. The summed E-state index contributed by atoms with van der Waals surface area (Å²) in [5.41, 5.74) is 4.61. The summed E-state index contributed by atoms with van der Waals surface area (Å²) >= 11 is 12.2. The Bertz CT molecular complexity index is 705. The number of aryl methyl sites for hydroxylation is 1. The highest BCUT2D eigenvalue weighted by molar-refractivity contribution is 6.34. The maximum absolute atomic E-state index is 11.1. The Kier molecular flexibility index (Phi) is 6.69. The number of aromatic nitrogens is 2. The predicted molar refractivity (Wildman–Crippen MR) is 98.9 cm³/mol. The minimum absolute atomic E-state index is 0.0234. The number of amides is 1. The maximum atomic E-state index is 11.1. The molecule has 130 valence electrons. The number of nitrogens with zero attached hydrogens (tertiary/aromatic N) is 2. The van der Waals surface area contributed by atoms with Gasteiger partial charge in [0.05, 0.1) is 12.2 Å². The van der Waals surface area contributed by atoms with Crippen molar-refractivity contribution >= 4 is 29.1 Å². The highest BCUT2D eigenvalue weighted by Gasteiger charge is 2.16. The van der Waals surface area contributed by atoms with Crippen LogP contribution in [0.25, 0.3) is 0 Å². The SMILES string of the molecule is CCc1nn(CCNC(C)=O)c(CC)c1Cc1cc(Cl)cc(Cl)c1. The smallest absolute Gasteiger partial charge is 0.216 e. The molecule has 0 fully saturated rings. The van der Waals surface area contributed by atoms with Crippen LogP contribution in [-0.2, 0) is 30.6 Å². The van der Waals surface area contributed by atoms with E-state index in [2.05, 4.69) is 19.2 Å². The second-order valence-electron chi connectivity index (χ2n) is 5.74. The summed E-state index contributed by atoms with van der Waals surface area (Å²) in [6, 6.07) is 5.63. The molecule has 2 aromatic rings. The number of nitrogens with one attached hydrogen (secondary N) is 1. The van der Waals surface area contributed by atoms with E-state index >= 15 is 0 Å². The van der Waals surface area contributed by atoms with Crippen LogP contribution < -0.4 is 5.32 Å². The van der Waals surface area contributed by atoms with Crippen LogP contribution in [0.5, 0.6) is 0 Å². The third-order valence-electron chi connectivity index (χ3n) is 3.92.